The largest absolute Gasteiger partial charge is 0.871 e. The molecule has 0 unspecified atom stereocenters. The van der Waals surface area contributed by atoms with Gasteiger partial charge in [-0.3, -0.25) is 10.1 Å². The van der Waals surface area contributed by atoms with Crippen molar-refractivity contribution in [2.24, 2.45) is 0 Å². The Kier molecular flexibility index (Phi) is 6.65. The van der Waals surface area contributed by atoms with E-state index in [1.165, 1.54) is 6.07 Å². The highest BCUT2D eigenvalue weighted by Gasteiger charge is 2.07. The van der Waals surface area contributed by atoms with Crippen LogP contribution in [0.5, 0.6) is 5.75 Å². The fraction of sp³-hybridized carbons (Fsp3) is 0.133. The molecule has 0 spiro atoms. The van der Waals surface area contributed by atoms with Gasteiger partial charge < -0.3 is 15.7 Å². The van der Waals surface area contributed by atoms with Crippen LogP contribution in [0, 0.1) is 10.1 Å². The Balaban J connectivity index is 1.80. The number of anilines is 1. The lowest BCUT2D eigenvalue weighted by Gasteiger charge is -2.16. The van der Waals surface area contributed by atoms with Crippen molar-refractivity contribution in [2.45, 2.75) is 4.90 Å². The quantitative estimate of drug-likeness (QED) is 0.260. The van der Waals surface area contributed by atoms with Crippen LogP contribution in [0.25, 0.3) is 0 Å². The molecule has 0 aromatic heterocycles. The molecule has 0 radical (unpaired) electrons. The predicted molar refractivity (Wildman–Crippen MR) is 98.9 cm³/mol. The van der Waals surface area contributed by atoms with Gasteiger partial charge in [-0.15, -0.1) is 11.8 Å². The highest BCUT2D eigenvalue weighted by atomic mass is 35.5. The summed E-state index contributed by atoms with van der Waals surface area (Å²) in [6, 6.07) is 11.0. The van der Waals surface area contributed by atoms with Crippen LogP contribution in [0.15, 0.2) is 47.4 Å². The first kappa shape index (κ1) is 18.3. The van der Waals surface area contributed by atoms with E-state index in [9.17, 15) is 15.2 Å². The van der Waals surface area contributed by atoms with Gasteiger partial charge in [0.25, 0.3) is 5.69 Å². The van der Waals surface area contributed by atoms with Gasteiger partial charge in [0.15, 0.2) is 5.11 Å². The molecule has 0 bridgehead atoms. The number of nitro benzene ring substituents is 1. The molecule has 0 fully saturated rings. The fourth-order valence-electron chi connectivity index (χ4n) is 1.76. The van der Waals surface area contributed by atoms with Crippen LogP contribution in [0.4, 0.5) is 11.4 Å². The second-order valence-corrected chi connectivity index (χ2v) is 6.63. The molecule has 2 N–H and O–H groups in total. The van der Waals surface area contributed by atoms with Gasteiger partial charge in [-0.05, 0) is 36.5 Å². The van der Waals surface area contributed by atoms with E-state index in [0.717, 1.165) is 22.8 Å². The molecule has 0 amide bonds. The van der Waals surface area contributed by atoms with Crippen molar-refractivity contribution < 1.29 is 10.0 Å². The van der Waals surface area contributed by atoms with Gasteiger partial charge in [-0.1, -0.05) is 23.4 Å². The van der Waals surface area contributed by atoms with E-state index in [4.69, 9.17) is 23.8 Å². The zero-order valence-corrected chi connectivity index (χ0v) is 14.7. The van der Waals surface area contributed by atoms with E-state index in [-0.39, 0.29) is 22.2 Å². The molecule has 2 aromatic carbocycles. The van der Waals surface area contributed by atoms with Gasteiger partial charge in [-0.25, -0.2) is 0 Å². The van der Waals surface area contributed by atoms with E-state index < -0.39 is 4.92 Å². The van der Waals surface area contributed by atoms with Crippen LogP contribution in [0.2, 0.25) is 5.02 Å². The summed E-state index contributed by atoms with van der Waals surface area (Å²) in [6.07, 6.45) is 0. The minimum atomic E-state index is -0.566. The van der Waals surface area contributed by atoms with Crippen molar-refractivity contribution in [1.29, 1.82) is 0 Å². The summed E-state index contributed by atoms with van der Waals surface area (Å²) in [7, 11) is 0. The Morgan fingerprint density at radius 3 is 2.62 bits per heavy atom. The molecule has 2 aromatic rings. The molecule has 0 saturated heterocycles. The number of nitro groups is 1. The van der Waals surface area contributed by atoms with Gasteiger partial charge in [0.05, 0.1) is 4.92 Å². The monoisotopic (exact) mass is 382 g/mol. The summed E-state index contributed by atoms with van der Waals surface area (Å²) in [6.45, 7) is 0.572. The highest BCUT2D eigenvalue weighted by molar-refractivity contribution is 7.99. The van der Waals surface area contributed by atoms with Crippen LogP contribution in [0.3, 0.4) is 0 Å². The Morgan fingerprint density at radius 2 is 1.96 bits per heavy atom. The molecule has 126 valence electrons. The molecular weight excluding hydrogens is 370 g/mol. The number of nitrogens with zero attached hydrogens (tertiary/aromatic N) is 1. The van der Waals surface area contributed by atoms with Crippen molar-refractivity contribution in [3.05, 3.63) is 57.6 Å². The summed E-state index contributed by atoms with van der Waals surface area (Å²) in [5, 5.41) is 29.0. The third kappa shape index (κ3) is 5.55. The lowest BCUT2D eigenvalue weighted by molar-refractivity contribution is -0.385. The summed E-state index contributed by atoms with van der Waals surface area (Å²) in [4.78, 5) is 11.3. The minimum absolute atomic E-state index is 0.0760. The number of non-ortho nitro benzene ring substituents is 1. The van der Waals surface area contributed by atoms with Gasteiger partial charge in [0, 0.05) is 40.0 Å². The Hall–Kier alpha value is -2.03. The first-order chi connectivity index (χ1) is 11.5. The van der Waals surface area contributed by atoms with E-state index in [1.54, 1.807) is 11.8 Å². The highest BCUT2D eigenvalue weighted by Crippen LogP contribution is 2.25. The van der Waals surface area contributed by atoms with E-state index in [0.29, 0.717) is 11.6 Å². The summed E-state index contributed by atoms with van der Waals surface area (Å²) >= 11 is 12.5. The molecule has 0 aliphatic rings. The van der Waals surface area contributed by atoms with Crippen molar-refractivity contribution in [3.8, 4) is 5.75 Å². The number of nitrogens with one attached hydrogen (secondary N) is 2. The van der Waals surface area contributed by atoms with Gasteiger partial charge in [-0.2, -0.15) is 0 Å². The summed E-state index contributed by atoms with van der Waals surface area (Å²) < 4.78 is 0. The molecule has 0 atom stereocenters. The first-order valence-corrected chi connectivity index (χ1v) is 8.61. The molecule has 9 heteroatoms. The third-order valence-corrected chi connectivity index (χ3v) is 4.40. The standard InChI is InChI=1S/C15H14ClN3O3S2/c16-10-1-4-12(5-2-10)24-8-7-17-15(23)18-13-9-11(19(21)22)3-6-14(13)20/h1-6,9,20H,7-8H2,(H2,17,18,23)/p-1. The zero-order chi connectivity index (χ0) is 17.5. The SMILES string of the molecule is O=[N+]([O-])c1ccc([O-])c(NC(=S)NCCSc2ccc(Cl)cc2)c1. The zero-order valence-electron chi connectivity index (χ0n) is 12.3. The van der Waals surface area contributed by atoms with Gasteiger partial charge >= 0.3 is 0 Å². The number of thiocarbonyl (C=S) groups is 1. The van der Waals surface area contributed by atoms with Crippen molar-refractivity contribution in [3.63, 3.8) is 0 Å². The fourth-order valence-corrected chi connectivity index (χ4v) is 2.87. The molecule has 0 aliphatic heterocycles. The van der Waals surface area contributed by atoms with Crippen LogP contribution < -0.4 is 15.7 Å². The first-order valence-electron chi connectivity index (χ1n) is 6.84. The predicted octanol–water partition coefficient (Wildman–Crippen LogP) is 3.40. The maximum atomic E-state index is 11.7. The van der Waals surface area contributed by atoms with Crippen LogP contribution in [-0.4, -0.2) is 22.3 Å². The molecule has 0 heterocycles. The average Bonchev–Trinajstić information content (AvgIpc) is 2.55. The lowest BCUT2D eigenvalue weighted by Crippen LogP contribution is -2.30. The second-order valence-electron chi connectivity index (χ2n) is 4.62. The van der Waals surface area contributed by atoms with Crippen LogP contribution in [0.1, 0.15) is 0 Å². The molecular formula is C15H13ClN3O3S2-. The Morgan fingerprint density at radius 1 is 1.25 bits per heavy atom. The van der Waals surface area contributed by atoms with Crippen LogP contribution in [-0.2, 0) is 0 Å². The number of hydrogen-bond acceptors (Lipinski definition) is 5. The number of rotatable bonds is 6. The Labute approximate surface area is 153 Å². The van der Waals surface area contributed by atoms with Gasteiger partial charge in [0.2, 0.25) is 0 Å². The number of thioether (sulfide) groups is 1. The molecule has 24 heavy (non-hydrogen) atoms. The topological polar surface area (TPSA) is 90.3 Å². The molecule has 0 saturated carbocycles. The second kappa shape index (κ2) is 8.72. The van der Waals surface area contributed by atoms with Crippen molar-refractivity contribution in [2.75, 3.05) is 17.6 Å². The normalized spacial score (nSPS) is 10.2. The van der Waals surface area contributed by atoms with E-state index in [2.05, 4.69) is 10.6 Å². The smallest absolute Gasteiger partial charge is 0.271 e. The maximum Gasteiger partial charge on any atom is 0.271 e. The van der Waals surface area contributed by atoms with Gasteiger partial charge in [0.1, 0.15) is 0 Å². The number of benzene rings is 2. The Bertz CT molecular complexity index is 741. The summed E-state index contributed by atoms with van der Waals surface area (Å²) in [5.74, 6) is 0.392. The van der Waals surface area contributed by atoms with E-state index in [1.807, 2.05) is 24.3 Å². The number of hydrogen-bond donors (Lipinski definition) is 2. The van der Waals surface area contributed by atoms with E-state index >= 15 is 0 Å². The molecule has 6 nitrogen and oxygen atoms in total. The van der Waals surface area contributed by atoms with Crippen molar-refractivity contribution >= 4 is 52.1 Å². The minimum Gasteiger partial charge on any atom is -0.871 e. The summed E-state index contributed by atoms with van der Waals surface area (Å²) in [5.41, 5.74) is -0.0924. The van der Waals surface area contributed by atoms with Crippen LogP contribution >= 0.6 is 35.6 Å². The molecule has 2 rings (SSSR count). The average molecular weight is 383 g/mol. The third-order valence-electron chi connectivity index (χ3n) is 2.89. The number of halogens is 1. The lowest BCUT2D eigenvalue weighted by atomic mass is 10.2. The molecule has 0 aliphatic carbocycles. The maximum absolute atomic E-state index is 11.7. The van der Waals surface area contributed by atoms with Crippen molar-refractivity contribution in [1.82, 2.24) is 5.32 Å².